The third-order valence-corrected chi connectivity index (χ3v) is 7.23. The van der Waals surface area contributed by atoms with Crippen molar-refractivity contribution < 1.29 is 57.1 Å². The van der Waals surface area contributed by atoms with Crippen LogP contribution < -0.4 is 5.32 Å². The van der Waals surface area contributed by atoms with Gasteiger partial charge in [0.1, 0.15) is 0 Å². The average molecular weight is 674 g/mol. The van der Waals surface area contributed by atoms with E-state index in [4.69, 9.17) is 37.9 Å². The van der Waals surface area contributed by atoms with E-state index in [2.05, 4.69) is 12.2 Å². The maximum Gasteiger partial charge on any atom is 0.253 e. The van der Waals surface area contributed by atoms with Gasteiger partial charge in [0.15, 0.2) is 0 Å². The second-order valence-corrected chi connectivity index (χ2v) is 11.0. The number of ether oxygens (including phenoxy) is 8. The minimum absolute atomic E-state index is 0.0531. The van der Waals surface area contributed by atoms with Crippen molar-refractivity contribution in [3.63, 3.8) is 0 Å². The van der Waals surface area contributed by atoms with Crippen molar-refractivity contribution in [1.82, 2.24) is 15.1 Å². The van der Waals surface area contributed by atoms with Crippen molar-refractivity contribution in [2.75, 3.05) is 132 Å². The van der Waals surface area contributed by atoms with Crippen molar-refractivity contribution >= 4 is 23.6 Å². The van der Waals surface area contributed by atoms with Crippen molar-refractivity contribution in [1.29, 1.82) is 0 Å². The maximum absolute atomic E-state index is 12.1. The van der Waals surface area contributed by atoms with E-state index < -0.39 is 11.8 Å². The van der Waals surface area contributed by atoms with Gasteiger partial charge >= 0.3 is 0 Å². The first-order valence-corrected chi connectivity index (χ1v) is 16.7. The number of likely N-dealkylation sites (tertiary alicyclic amines) is 1. The standard InChI is InChI=1S/C32H55N3O12/c1-28-4-9-34(10-5-28)30(37)7-12-40-14-16-42-18-20-44-22-24-46-26-27-47-25-23-45-21-19-43-17-15-41-13-8-33-29(36)6-11-35-31(38)2-3-32(35)39/h2-3,28H,4-27H2,1H3,(H,33,36). The molecule has 47 heavy (non-hydrogen) atoms. The zero-order valence-corrected chi connectivity index (χ0v) is 28.0. The lowest BCUT2D eigenvalue weighted by molar-refractivity contribution is -0.137. The molecule has 1 fully saturated rings. The van der Waals surface area contributed by atoms with Crippen LogP contribution in [0, 0.1) is 5.92 Å². The van der Waals surface area contributed by atoms with Crippen molar-refractivity contribution in [3.05, 3.63) is 12.2 Å². The number of hydrogen-bond acceptors (Lipinski definition) is 12. The quantitative estimate of drug-likeness (QED) is 0.0816. The molecule has 0 atom stereocenters. The topological polar surface area (TPSA) is 161 Å². The summed E-state index contributed by atoms with van der Waals surface area (Å²) in [5, 5.41) is 2.68. The molecule has 0 spiro atoms. The first-order chi connectivity index (χ1) is 23.0. The number of rotatable bonds is 30. The second kappa shape index (κ2) is 27.5. The summed E-state index contributed by atoms with van der Waals surface area (Å²) in [6.45, 7) is 11.5. The normalized spacial score (nSPS) is 15.3. The van der Waals surface area contributed by atoms with E-state index >= 15 is 0 Å². The lowest BCUT2D eigenvalue weighted by Gasteiger charge is -2.30. The van der Waals surface area contributed by atoms with Crippen LogP contribution in [0.1, 0.15) is 32.6 Å². The summed E-state index contributed by atoms with van der Waals surface area (Å²) in [5.41, 5.74) is 0. The highest BCUT2D eigenvalue weighted by Crippen LogP contribution is 2.16. The molecule has 2 aliphatic heterocycles. The Hall–Kier alpha value is -2.50. The lowest BCUT2D eigenvalue weighted by Crippen LogP contribution is -2.38. The zero-order valence-electron chi connectivity index (χ0n) is 28.0. The van der Waals surface area contributed by atoms with Gasteiger partial charge in [-0.15, -0.1) is 0 Å². The van der Waals surface area contributed by atoms with E-state index in [0.717, 1.165) is 30.8 Å². The number of nitrogens with zero attached hydrogens (tertiary/aromatic N) is 2. The maximum atomic E-state index is 12.1. The molecule has 1 N–H and O–H groups in total. The molecule has 0 aromatic heterocycles. The van der Waals surface area contributed by atoms with E-state index in [0.29, 0.717) is 125 Å². The molecule has 4 amide bonds. The van der Waals surface area contributed by atoms with Crippen LogP contribution in [0.25, 0.3) is 0 Å². The fraction of sp³-hybridized carbons (Fsp3) is 0.812. The molecule has 0 aromatic rings. The van der Waals surface area contributed by atoms with Crippen LogP contribution in [0.4, 0.5) is 0 Å². The monoisotopic (exact) mass is 673 g/mol. The number of imide groups is 1. The number of amides is 4. The van der Waals surface area contributed by atoms with Gasteiger partial charge in [0.25, 0.3) is 11.8 Å². The summed E-state index contributed by atoms with van der Waals surface area (Å²) >= 11 is 0. The smallest absolute Gasteiger partial charge is 0.253 e. The molecule has 270 valence electrons. The fourth-order valence-electron chi connectivity index (χ4n) is 4.43. The van der Waals surface area contributed by atoms with Gasteiger partial charge in [-0.2, -0.15) is 0 Å². The molecular formula is C32H55N3O12. The summed E-state index contributed by atoms with van der Waals surface area (Å²) in [6.07, 6.45) is 5.04. The highest BCUT2D eigenvalue weighted by atomic mass is 16.6. The van der Waals surface area contributed by atoms with Crippen LogP contribution >= 0.6 is 0 Å². The SMILES string of the molecule is CC1CCN(C(=O)CCOCCOCCOCCOCCOCCOCCOCCOCCNC(=O)CCN2C(=O)C=CC2=O)CC1. The molecule has 0 aromatic carbocycles. The Kier molecular flexibility index (Phi) is 23.8. The number of hydrogen-bond donors (Lipinski definition) is 1. The molecule has 0 saturated carbocycles. The summed E-state index contributed by atoms with van der Waals surface area (Å²) < 4.78 is 43.6. The van der Waals surface area contributed by atoms with Gasteiger partial charge in [0, 0.05) is 44.8 Å². The predicted octanol–water partition coefficient (Wildman–Crippen LogP) is 0.199. The van der Waals surface area contributed by atoms with E-state index in [1.54, 1.807) is 0 Å². The fourth-order valence-corrected chi connectivity index (χ4v) is 4.43. The summed E-state index contributed by atoms with van der Waals surface area (Å²) in [5.74, 6) is -0.154. The zero-order chi connectivity index (χ0) is 33.8. The lowest BCUT2D eigenvalue weighted by atomic mass is 9.99. The van der Waals surface area contributed by atoms with Crippen LogP contribution in [0.15, 0.2) is 12.2 Å². The number of carbonyl (C=O) groups excluding carboxylic acids is 4. The van der Waals surface area contributed by atoms with Gasteiger partial charge in [-0.1, -0.05) is 6.92 Å². The van der Waals surface area contributed by atoms with E-state index in [1.165, 1.54) is 12.2 Å². The average Bonchev–Trinajstić information content (AvgIpc) is 3.39. The van der Waals surface area contributed by atoms with E-state index in [1.807, 2.05) is 4.90 Å². The molecule has 0 unspecified atom stereocenters. The molecule has 15 nitrogen and oxygen atoms in total. The van der Waals surface area contributed by atoms with Gasteiger partial charge < -0.3 is 48.1 Å². The largest absolute Gasteiger partial charge is 0.379 e. The third kappa shape index (κ3) is 21.2. The predicted molar refractivity (Wildman–Crippen MR) is 170 cm³/mol. The molecule has 0 radical (unpaired) electrons. The number of carbonyl (C=O) groups is 4. The summed E-state index contributed by atoms with van der Waals surface area (Å²) in [4.78, 5) is 49.8. The molecule has 2 rings (SSSR count). The van der Waals surface area contributed by atoms with Gasteiger partial charge in [0.2, 0.25) is 11.8 Å². The van der Waals surface area contributed by atoms with Crippen LogP contribution in [0.3, 0.4) is 0 Å². The van der Waals surface area contributed by atoms with Gasteiger partial charge in [-0.3, -0.25) is 24.1 Å². The minimum atomic E-state index is -0.397. The highest BCUT2D eigenvalue weighted by Gasteiger charge is 2.23. The van der Waals surface area contributed by atoms with E-state index in [-0.39, 0.29) is 24.8 Å². The first kappa shape index (κ1) is 40.7. The molecular weight excluding hydrogens is 618 g/mol. The summed E-state index contributed by atoms with van der Waals surface area (Å²) in [6, 6.07) is 0. The van der Waals surface area contributed by atoms with Crippen molar-refractivity contribution in [2.24, 2.45) is 5.92 Å². The van der Waals surface area contributed by atoms with Gasteiger partial charge in [0.05, 0.1) is 112 Å². The molecule has 0 aliphatic carbocycles. The summed E-state index contributed by atoms with van der Waals surface area (Å²) in [7, 11) is 0. The molecule has 2 heterocycles. The van der Waals surface area contributed by atoms with Crippen LogP contribution in [-0.4, -0.2) is 165 Å². The van der Waals surface area contributed by atoms with Crippen molar-refractivity contribution in [3.8, 4) is 0 Å². The Bertz CT molecular complexity index is 881. The minimum Gasteiger partial charge on any atom is -0.379 e. The number of nitrogens with one attached hydrogen (secondary N) is 1. The first-order valence-electron chi connectivity index (χ1n) is 16.7. The molecule has 15 heteroatoms. The molecule has 2 aliphatic rings. The Morgan fingerprint density at radius 3 is 1.43 bits per heavy atom. The molecule has 1 saturated heterocycles. The van der Waals surface area contributed by atoms with Gasteiger partial charge in [-0.05, 0) is 18.8 Å². The van der Waals surface area contributed by atoms with Crippen LogP contribution in [0.2, 0.25) is 0 Å². The molecule has 0 bridgehead atoms. The Labute approximate surface area is 278 Å². The number of piperidine rings is 1. The van der Waals surface area contributed by atoms with Gasteiger partial charge in [-0.25, -0.2) is 0 Å². The van der Waals surface area contributed by atoms with Crippen molar-refractivity contribution in [2.45, 2.75) is 32.6 Å². The third-order valence-electron chi connectivity index (χ3n) is 7.23. The Morgan fingerprint density at radius 2 is 1.00 bits per heavy atom. The Morgan fingerprint density at radius 1 is 0.617 bits per heavy atom. The highest BCUT2D eigenvalue weighted by molar-refractivity contribution is 6.13. The Balaban J connectivity index is 1.18. The second-order valence-electron chi connectivity index (χ2n) is 11.0. The van der Waals surface area contributed by atoms with Crippen LogP contribution in [0.5, 0.6) is 0 Å². The van der Waals surface area contributed by atoms with E-state index in [9.17, 15) is 19.2 Å². The van der Waals surface area contributed by atoms with Crippen LogP contribution in [-0.2, 0) is 57.1 Å².